The summed E-state index contributed by atoms with van der Waals surface area (Å²) in [5.74, 6) is 0. The molecular weight excluding hydrogens is 274 g/mol. The zero-order valence-electron chi connectivity index (χ0n) is 13.1. The van der Waals surface area contributed by atoms with Crippen LogP contribution in [0.4, 0.5) is 4.79 Å². The van der Waals surface area contributed by atoms with Gasteiger partial charge in [0.25, 0.3) is 6.47 Å². The van der Waals surface area contributed by atoms with Gasteiger partial charge in [0, 0.05) is 39.9 Å². The molecule has 0 aliphatic carbocycles. The number of carbonyl (C=O) groups excluding carboxylic acids is 1. The fourth-order valence-corrected chi connectivity index (χ4v) is 1.50. The summed E-state index contributed by atoms with van der Waals surface area (Å²) in [7, 11) is 7.68. The van der Waals surface area contributed by atoms with Crippen LogP contribution in [0.1, 0.15) is 5.56 Å². The van der Waals surface area contributed by atoms with Crippen LogP contribution in [0.25, 0.3) is 0 Å². The number of nitrogens with one attached hydrogen (secondary N) is 1. The molecule has 0 fully saturated rings. The lowest BCUT2D eigenvalue weighted by Crippen LogP contribution is -2.41. The highest BCUT2D eigenvalue weighted by Crippen LogP contribution is 1.96. The molecular formula is C13H25N5O3. The predicted molar refractivity (Wildman–Crippen MR) is 80.2 cm³/mol. The van der Waals surface area contributed by atoms with E-state index in [4.69, 9.17) is 9.90 Å². The van der Waals surface area contributed by atoms with Crippen molar-refractivity contribution >= 4 is 12.5 Å². The number of rotatable bonds is 6. The maximum absolute atomic E-state index is 11.7. The molecule has 2 N–H and O–H groups in total. The minimum atomic E-state index is -0.250. The lowest BCUT2D eigenvalue weighted by atomic mass is 10.2. The minimum absolute atomic E-state index is 0.0271. The van der Waals surface area contributed by atoms with Crippen LogP contribution in [0, 0.1) is 0 Å². The molecule has 8 heteroatoms. The molecule has 0 spiro atoms. The van der Waals surface area contributed by atoms with Crippen LogP contribution in [0.3, 0.4) is 0 Å². The van der Waals surface area contributed by atoms with Crippen LogP contribution >= 0.6 is 0 Å². The van der Waals surface area contributed by atoms with Gasteiger partial charge in [-0.15, -0.1) is 0 Å². The van der Waals surface area contributed by atoms with E-state index in [0.29, 0.717) is 6.54 Å². The van der Waals surface area contributed by atoms with E-state index in [2.05, 4.69) is 15.3 Å². The fraction of sp³-hybridized carbons (Fsp3) is 0.615. The maximum atomic E-state index is 11.7. The van der Waals surface area contributed by atoms with Crippen LogP contribution in [0.5, 0.6) is 0 Å². The summed E-state index contributed by atoms with van der Waals surface area (Å²) in [6.07, 6.45) is 4.59. The Morgan fingerprint density at radius 2 is 2.05 bits per heavy atom. The van der Waals surface area contributed by atoms with Gasteiger partial charge in [0.2, 0.25) is 0 Å². The number of hydrogen-bond donors (Lipinski definition) is 2. The average molecular weight is 299 g/mol. The van der Waals surface area contributed by atoms with Crippen molar-refractivity contribution in [3.05, 3.63) is 18.0 Å². The summed E-state index contributed by atoms with van der Waals surface area (Å²) in [6, 6.07) is -0.0271. The smallest absolute Gasteiger partial charge is 0.317 e. The Balaban J connectivity index is 0.00000122. The third-order valence-electron chi connectivity index (χ3n) is 2.68. The first-order chi connectivity index (χ1) is 9.90. The molecule has 0 radical (unpaired) electrons. The molecule has 1 aromatic rings. The van der Waals surface area contributed by atoms with E-state index >= 15 is 0 Å². The molecule has 120 valence electrons. The molecule has 8 nitrogen and oxygen atoms in total. The van der Waals surface area contributed by atoms with Gasteiger partial charge < -0.3 is 20.2 Å². The van der Waals surface area contributed by atoms with Gasteiger partial charge in [0.1, 0.15) is 0 Å². The molecule has 0 aliphatic rings. The van der Waals surface area contributed by atoms with Gasteiger partial charge >= 0.3 is 6.03 Å². The second-order valence-electron chi connectivity index (χ2n) is 4.83. The summed E-state index contributed by atoms with van der Waals surface area (Å²) in [5.41, 5.74) is 1.13. The predicted octanol–water partition coefficient (Wildman–Crippen LogP) is -0.134. The Morgan fingerprint density at radius 1 is 1.43 bits per heavy atom. The van der Waals surface area contributed by atoms with Gasteiger partial charge in [0.15, 0.2) is 0 Å². The second kappa shape index (κ2) is 10.7. The highest BCUT2D eigenvalue weighted by molar-refractivity contribution is 5.73. The van der Waals surface area contributed by atoms with E-state index in [9.17, 15) is 4.79 Å². The fourth-order valence-electron chi connectivity index (χ4n) is 1.50. The Kier molecular flexibility index (Phi) is 9.61. The summed E-state index contributed by atoms with van der Waals surface area (Å²) in [6.45, 7) is 1.98. The van der Waals surface area contributed by atoms with E-state index in [-0.39, 0.29) is 12.5 Å². The summed E-state index contributed by atoms with van der Waals surface area (Å²) < 4.78 is 1.76. The zero-order chi connectivity index (χ0) is 16.3. The van der Waals surface area contributed by atoms with E-state index in [0.717, 1.165) is 25.1 Å². The number of likely N-dealkylation sites (N-methyl/N-ethyl adjacent to an activating group) is 2. The van der Waals surface area contributed by atoms with Crippen molar-refractivity contribution in [3.63, 3.8) is 0 Å². The van der Waals surface area contributed by atoms with Crippen LogP contribution in [-0.4, -0.2) is 78.0 Å². The quantitative estimate of drug-likeness (QED) is 0.714. The molecule has 0 bridgehead atoms. The monoisotopic (exact) mass is 299 g/mol. The van der Waals surface area contributed by atoms with E-state index in [1.54, 1.807) is 9.58 Å². The Morgan fingerprint density at radius 3 is 2.52 bits per heavy atom. The maximum Gasteiger partial charge on any atom is 0.317 e. The average Bonchev–Trinajstić information content (AvgIpc) is 2.82. The van der Waals surface area contributed by atoms with Crippen molar-refractivity contribution in [1.29, 1.82) is 0 Å². The molecule has 0 saturated heterocycles. The summed E-state index contributed by atoms with van der Waals surface area (Å²) in [5, 5.41) is 13.9. The number of urea groups is 1. The number of aromatic nitrogens is 2. The molecule has 0 unspecified atom stereocenters. The van der Waals surface area contributed by atoms with Gasteiger partial charge in [0.05, 0.1) is 6.20 Å². The highest BCUT2D eigenvalue weighted by atomic mass is 16.3. The lowest BCUT2D eigenvalue weighted by Gasteiger charge is -2.20. The van der Waals surface area contributed by atoms with Crippen LogP contribution in [0.2, 0.25) is 0 Å². The SMILES string of the molecule is CN(C)CCN(C)C(=O)NCCc1cnn(C)c1.O=CO. The number of hydrogen-bond acceptors (Lipinski definition) is 4. The topological polar surface area (TPSA) is 90.7 Å². The van der Waals surface area contributed by atoms with Gasteiger partial charge in [-0.25, -0.2) is 4.79 Å². The summed E-state index contributed by atoms with van der Waals surface area (Å²) >= 11 is 0. The largest absolute Gasteiger partial charge is 0.483 e. The third-order valence-corrected chi connectivity index (χ3v) is 2.68. The van der Waals surface area contributed by atoms with Gasteiger partial charge in [-0.1, -0.05) is 0 Å². The first-order valence-corrected chi connectivity index (χ1v) is 6.59. The molecule has 0 aliphatic heterocycles. The first kappa shape index (κ1) is 18.9. The van der Waals surface area contributed by atoms with Gasteiger partial charge in [-0.05, 0) is 26.1 Å². The van der Waals surface area contributed by atoms with Crippen LogP contribution < -0.4 is 5.32 Å². The van der Waals surface area contributed by atoms with Gasteiger partial charge in [-0.2, -0.15) is 5.10 Å². The van der Waals surface area contributed by atoms with Crippen molar-refractivity contribution in [2.75, 3.05) is 40.8 Å². The molecule has 1 rings (SSSR count). The second-order valence-corrected chi connectivity index (χ2v) is 4.83. The van der Waals surface area contributed by atoms with E-state index in [1.807, 2.05) is 40.6 Å². The van der Waals surface area contributed by atoms with Crippen LogP contribution in [0.15, 0.2) is 12.4 Å². The normalized spacial score (nSPS) is 9.76. The number of aryl methyl sites for hydroxylation is 1. The number of carbonyl (C=O) groups is 2. The molecule has 0 aromatic carbocycles. The number of carboxylic acid groups (broad SMARTS) is 1. The van der Waals surface area contributed by atoms with Crippen molar-refractivity contribution in [2.45, 2.75) is 6.42 Å². The molecule has 1 aromatic heterocycles. The number of amides is 2. The lowest BCUT2D eigenvalue weighted by molar-refractivity contribution is -0.122. The van der Waals surface area contributed by atoms with E-state index < -0.39 is 0 Å². The Hall–Kier alpha value is -2.09. The standard InChI is InChI=1S/C12H23N5O.CH2O2/c1-15(2)7-8-16(3)12(18)13-6-5-11-9-14-17(4)10-11;2-1-3/h9-10H,5-8H2,1-4H3,(H,13,18);1H,(H,2,3). The van der Waals surface area contributed by atoms with Crippen molar-refractivity contribution in [1.82, 2.24) is 24.9 Å². The van der Waals surface area contributed by atoms with Crippen molar-refractivity contribution in [2.24, 2.45) is 7.05 Å². The number of nitrogens with zero attached hydrogens (tertiary/aromatic N) is 4. The zero-order valence-corrected chi connectivity index (χ0v) is 13.1. The Bertz CT molecular complexity index is 420. The first-order valence-electron chi connectivity index (χ1n) is 6.59. The van der Waals surface area contributed by atoms with Crippen LogP contribution in [-0.2, 0) is 18.3 Å². The third kappa shape index (κ3) is 9.44. The molecule has 0 atom stereocenters. The molecule has 2 amide bonds. The molecule has 0 saturated carbocycles. The molecule has 1 heterocycles. The molecule has 21 heavy (non-hydrogen) atoms. The Labute approximate surface area is 125 Å². The van der Waals surface area contributed by atoms with Crippen molar-refractivity contribution in [3.8, 4) is 0 Å². The van der Waals surface area contributed by atoms with Gasteiger partial charge in [-0.3, -0.25) is 9.48 Å². The minimum Gasteiger partial charge on any atom is -0.483 e. The van der Waals surface area contributed by atoms with E-state index in [1.165, 1.54) is 0 Å². The highest BCUT2D eigenvalue weighted by Gasteiger charge is 2.07. The summed E-state index contributed by atoms with van der Waals surface area (Å²) in [4.78, 5) is 23.8. The van der Waals surface area contributed by atoms with Crippen molar-refractivity contribution < 1.29 is 14.7 Å².